The summed E-state index contributed by atoms with van der Waals surface area (Å²) < 4.78 is 7.88. The number of amides is 1. The van der Waals surface area contributed by atoms with Gasteiger partial charge in [-0.1, -0.05) is 52.7 Å². The summed E-state index contributed by atoms with van der Waals surface area (Å²) in [6.07, 6.45) is -0.383. The molecule has 1 atom stereocenters. The zero-order valence-electron chi connectivity index (χ0n) is 16.9. The Kier molecular flexibility index (Phi) is 7.64. The van der Waals surface area contributed by atoms with Crippen molar-refractivity contribution in [3.05, 3.63) is 63.9 Å². The summed E-state index contributed by atoms with van der Waals surface area (Å²) in [4.78, 5) is 12.3. The van der Waals surface area contributed by atoms with Crippen molar-refractivity contribution >= 4 is 46.6 Å². The Labute approximate surface area is 189 Å². The maximum Gasteiger partial charge on any atom is 0.234 e. The van der Waals surface area contributed by atoms with Gasteiger partial charge in [0.05, 0.1) is 10.8 Å². The second kappa shape index (κ2) is 10.2. The van der Waals surface area contributed by atoms with Gasteiger partial charge >= 0.3 is 0 Å². The average molecular weight is 465 g/mol. The molecule has 0 spiro atoms. The van der Waals surface area contributed by atoms with Crippen LogP contribution >= 0.6 is 35.0 Å². The number of benzene rings is 2. The molecule has 0 aliphatic heterocycles. The molecule has 1 heterocycles. The Hall–Kier alpha value is -2.22. The minimum Gasteiger partial charge on any atom is -0.481 e. The van der Waals surface area contributed by atoms with E-state index in [4.69, 9.17) is 27.9 Å². The molecule has 1 amide bonds. The smallest absolute Gasteiger partial charge is 0.234 e. The first-order chi connectivity index (χ1) is 14.4. The van der Waals surface area contributed by atoms with Crippen LogP contribution in [0.5, 0.6) is 5.75 Å². The molecular weight excluding hydrogens is 443 g/mol. The molecule has 0 aliphatic rings. The van der Waals surface area contributed by atoms with E-state index in [9.17, 15) is 4.79 Å². The maximum atomic E-state index is 12.3. The average Bonchev–Trinajstić information content (AvgIpc) is 3.13. The summed E-state index contributed by atoms with van der Waals surface area (Å²) in [6.45, 7) is 6.51. The Balaban J connectivity index is 1.64. The third kappa shape index (κ3) is 5.68. The third-order valence-electron chi connectivity index (χ3n) is 4.29. The van der Waals surface area contributed by atoms with Crippen LogP contribution in [0, 0.1) is 6.92 Å². The van der Waals surface area contributed by atoms with Crippen LogP contribution in [-0.2, 0) is 11.3 Å². The largest absolute Gasteiger partial charge is 0.481 e. The number of carbonyl (C=O) groups is 1. The van der Waals surface area contributed by atoms with Crippen LogP contribution in [0.25, 0.3) is 0 Å². The van der Waals surface area contributed by atoms with Gasteiger partial charge in [-0.15, -0.1) is 10.2 Å². The van der Waals surface area contributed by atoms with Crippen molar-refractivity contribution in [2.75, 3.05) is 11.1 Å². The highest BCUT2D eigenvalue weighted by molar-refractivity contribution is 7.99. The monoisotopic (exact) mass is 464 g/mol. The van der Waals surface area contributed by atoms with Crippen molar-refractivity contribution in [2.45, 2.75) is 38.6 Å². The summed E-state index contributed by atoms with van der Waals surface area (Å²) >= 11 is 13.5. The molecule has 1 aromatic heterocycles. The van der Waals surface area contributed by atoms with Gasteiger partial charge in [0.25, 0.3) is 0 Å². The molecule has 0 bridgehead atoms. The first kappa shape index (κ1) is 22.5. The maximum absolute atomic E-state index is 12.3. The van der Waals surface area contributed by atoms with Gasteiger partial charge in [-0.2, -0.15) is 0 Å². The molecule has 3 aromatic rings. The van der Waals surface area contributed by atoms with Gasteiger partial charge in [0.2, 0.25) is 5.91 Å². The lowest BCUT2D eigenvalue weighted by molar-refractivity contribution is -0.113. The number of hydrogen-bond donors (Lipinski definition) is 1. The van der Waals surface area contributed by atoms with E-state index in [1.165, 1.54) is 11.8 Å². The molecule has 0 fully saturated rings. The van der Waals surface area contributed by atoms with Crippen LogP contribution in [0.15, 0.2) is 47.6 Å². The van der Waals surface area contributed by atoms with Crippen LogP contribution in [0.4, 0.5) is 5.69 Å². The summed E-state index contributed by atoms with van der Waals surface area (Å²) in [5.74, 6) is 1.30. The number of aryl methyl sites for hydroxylation is 1. The molecule has 158 valence electrons. The van der Waals surface area contributed by atoms with Gasteiger partial charge in [0, 0.05) is 17.3 Å². The zero-order chi connectivity index (χ0) is 21.7. The van der Waals surface area contributed by atoms with Crippen molar-refractivity contribution in [2.24, 2.45) is 0 Å². The number of thioether (sulfide) groups is 1. The topological polar surface area (TPSA) is 69.0 Å². The zero-order valence-corrected chi connectivity index (χ0v) is 19.2. The van der Waals surface area contributed by atoms with Gasteiger partial charge in [-0.05, 0) is 51.1 Å². The van der Waals surface area contributed by atoms with E-state index < -0.39 is 0 Å². The molecule has 0 aliphatic carbocycles. The van der Waals surface area contributed by atoms with E-state index >= 15 is 0 Å². The molecule has 30 heavy (non-hydrogen) atoms. The van der Waals surface area contributed by atoms with Crippen LogP contribution in [0.1, 0.15) is 31.3 Å². The number of rotatable bonds is 8. The number of carbonyl (C=O) groups excluding carboxylic acids is 1. The van der Waals surface area contributed by atoms with Crippen LogP contribution in [0.3, 0.4) is 0 Å². The molecule has 0 saturated carbocycles. The number of nitrogens with one attached hydrogen (secondary N) is 1. The van der Waals surface area contributed by atoms with E-state index in [-0.39, 0.29) is 17.8 Å². The molecular formula is C21H22Cl2N4O2S. The number of nitrogens with zero attached hydrogens (tertiary/aromatic N) is 3. The predicted molar refractivity (Wildman–Crippen MR) is 122 cm³/mol. The fourth-order valence-electron chi connectivity index (χ4n) is 2.78. The van der Waals surface area contributed by atoms with Gasteiger partial charge in [0.15, 0.2) is 17.1 Å². The molecule has 0 radical (unpaired) electrons. The Morgan fingerprint density at radius 3 is 2.60 bits per heavy atom. The second-order valence-corrected chi connectivity index (χ2v) is 8.41. The molecule has 9 heteroatoms. The van der Waals surface area contributed by atoms with E-state index in [0.29, 0.717) is 33.3 Å². The molecule has 3 rings (SSSR count). The van der Waals surface area contributed by atoms with Crippen molar-refractivity contribution < 1.29 is 9.53 Å². The number of aromatic nitrogens is 3. The fourth-order valence-corrected chi connectivity index (χ4v) is 4.05. The summed E-state index contributed by atoms with van der Waals surface area (Å²) in [7, 11) is 0. The molecule has 6 nitrogen and oxygen atoms in total. The highest BCUT2D eigenvalue weighted by Gasteiger charge is 2.20. The first-order valence-corrected chi connectivity index (χ1v) is 11.2. The lowest BCUT2D eigenvalue weighted by Gasteiger charge is -2.16. The van der Waals surface area contributed by atoms with E-state index in [0.717, 1.165) is 11.3 Å². The number of hydrogen-bond acceptors (Lipinski definition) is 5. The van der Waals surface area contributed by atoms with Crippen molar-refractivity contribution in [1.82, 2.24) is 14.8 Å². The molecule has 1 unspecified atom stereocenters. The number of halogens is 2. The Morgan fingerprint density at radius 2 is 1.93 bits per heavy atom. The van der Waals surface area contributed by atoms with Gasteiger partial charge in [0.1, 0.15) is 5.75 Å². The normalized spacial score (nSPS) is 11.9. The Bertz CT molecular complexity index is 1020. The highest BCUT2D eigenvalue weighted by atomic mass is 35.5. The van der Waals surface area contributed by atoms with Crippen molar-refractivity contribution in [3.8, 4) is 5.75 Å². The SMILES string of the molecule is CCn1c(SCC(=O)Nc2ccc(C)cc2)nnc1C(C)Oc1ccc(Cl)cc1Cl. The van der Waals surface area contributed by atoms with Gasteiger partial charge < -0.3 is 14.6 Å². The fraction of sp³-hybridized carbons (Fsp3) is 0.286. The third-order valence-corrected chi connectivity index (χ3v) is 5.79. The Morgan fingerprint density at radius 1 is 1.20 bits per heavy atom. The minimum absolute atomic E-state index is 0.103. The first-order valence-electron chi connectivity index (χ1n) is 9.41. The number of ether oxygens (including phenoxy) is 1. The van der Waals surface area contributed by atoms with Crippen LogP contribution < -0.4 is 10.1 Å². The summed E-state index contributed by atoms with van der Waals surface area (Å²) in [5.41, 5.74) is 1.91. The van der Waals surface area contributed by atoms with Crippen LogP contribution in [0.2, 0.25) is 10.0 Å². The lowest BCUT2D eigenvalue weighted by atomic mass is 10.2. The second-order valence-electron chi connectivity index (χ2n) is 6.62. The van der Waals surface area contributed by atoms with E-state index in [1.807, 2.05) is 49.6 Å². The van der Waals surface area contributed by atoms with Crippen LogP contribution in [-0.4, -0.2) is 26.4 Å². The summed E-state index contributed by atoms with van der Waals surface area (Å²) in [6, 6.07) is 12.7. The molecule has 0 saturated heterocycles. The lowest BCUT2D eigenvalue weighted by Crippen LogP contribution is -2.15. The summed E-state index contributed by atoms with van der Waals surface area (Å²) in [5, 5.41) is 13.0. The van der Waals surface area contributed by atoms with Crippen molar-refractivity contribution in [3.63, 3.8) is 0 Å². The van der Waals surface area contributed by atoms with Gasteiger partial charge in [-0.25, -0.2) is 0 Å². The quantitative estimate of drug-likeness (QED) is 0.427. The molecule has 2 aromatic carbocycles. The van der Waals surface area contributed by atoms with Crippen molar-refractivity contribution in [1.29, 1.82) is 0 Å². The van der Waals surface area contributed by atoms with E-state index in [1.54, 1.807) is 18.2 Å². The molecule has 1 N–H and O–H groups in total. The standard InChI is InChI=1S/C21H22Cl2N4O2S/c1-4-27-20(14(3)29-18-10-7-15(22)11-17(18)23)25-26-21(27)30-12-19(28)24-16-8-5-13(2)6-9-16/h5-11,14H,4,12H2,1-3H3,(H,24,28). The number of anilines is 1. The van der Waals surface area contributed by atoms with E-state index in [2.05, 4.69) is 15.5 Å². The van der Waals surface area contributed by atoms with Gasteiger partial charge in [-0.3, -0.25) is 4.79 Å². The highest BCUT2D eigenvalue weighted by Crippen LogP contribution is 2.31. The minimum atomic E-state index is -0.383. The predicted octanol–water partition coefficient (Wildman–Crippen LogP) is 5.78.